The molecule has 0 saturated heterocycles. The van der Waals surface area contributed by atoms with E-state index in [1.54, 1.807) is 17.5 Å². The molecule has 0 aliphatic heterocycles. The van der Waals surface area contributed by atoms with Crippen molar-refractivity contribution < 1.29 is 21.5 Å². The van der Waals surface area contributed by atoms with Crippen LogP contribution in [0.3, 0.4) is 0 Å². The molecule has 0 saturated carbocycles. The van der Waals surface area contributed by atoms with E-state index in [0.717, 1.165) is 28.1 Å². The van der Waals surface area contributed by atoms with Crippen LogP contribution in [-0.2, 0) is 20.1 Å². The molecule has 2 nitrogen and oxygen atoms in total. The molecular weight excluding hydrogens is 785 g/mol. The number of hydrogen-bond acceptors (Lipinski definition) is 3. The number of pyridine rings is 2. The summed E-state index contributed by atoms with van der Waals surface area (Å²) in [5, 5.41) is 3.94. The van der Waals surface area contributed by atoms with Crippen molar-refractivity contribution in [1.82, 2.24) is 9.97 Å². The predicted octanol–water partition coefficient (Wildman–Crippen LogP) is 11.4. The minimum atomic E-state index is -1.27. The van der Waals surface area contributed by atoms with E-state index >= 15 is 0 Å². The maximum Gasteiger partial charge on any atom is 0.0798 e. The van der Waals surface area contributed by atoms with Crippen LogP contribution >= 0.6 is 11.3 Å². The summed E-state index contributed by atoms with van der Waals surface area (Å²) in [5.41, 5.74) is 10.1. The second kappa shape index (κ2) is 14.6. The third kappa shape index (κ3) is 7.55. The van der Waals surface area contributed by atoms with Gasteiger partial charge in [0.2, 0.25) is 0 Å². The summed E-state index contributed by atoms with van der Waals surface area (Å²) < 4.78 is 10.8. The van der Waals surface area contributed by atoms with E-state index in [-0.39, 0.29) is 20.1 Å². The van der Waals surface area contributed by atoms with Crippen molar-refractivity contribution in [2.75, 3.05) is 0 Å². The summed E-state index contributed by atoms with van der Waals surface area (Å²) in [7, 11) is -1.27. The molecule has 47 heavy (non-hydrogen) atoms. The van der Waals surface area contributed by atoms with Crippen molar-refractivity contribution in [2.45, 2.75) is 53.2 Å². The van der Waals surface area contributed by atoms with E-state index in [4.69, 9.17) is 1.37 Å². The summed E-state index contributed by atoms with van der Waals surface area (Å²) in [6.45, 7) is 15.2. The van der Waals surface area contributed by atoms with Crippen molar-refractivity contribution in [3.05, 3.63) is 138 Å². The van der Waals surface area contributed by atoms with Crippen LogP contribution < -0.4 is 5.19 Å². The van der Waals surface area contributed by atoms with Gasteiger partial charge in [0.15, 0.2) is 0 Å². The van der Waals surface area contributed by atoms with Crippen LogP contribution in [0, 0.1) is 26.0 Å². The van der Waals surface area contributed by atoms with Gasteiger partial charge in [0.25, 0.3) is 0 Å². The molecule has 5 heteroatoms. The third-order valence-electron chi connectivity index (χ3n) is 8.39. The summed E-state index contributed by atoms with van der Waals surface area (Å²) >= 11 is 1.79. The van der Waals surface area contributed by atoms with Crippen molar-refractivity contribution >= 4 is 44.8 Å². The zero-order valence-electron chi connectivity index (χ0n) is 29.0. The zero-order valence-corrected chi connectivity index (χ0v) is 32.2. The van der Waals surface area contributed by atoms with Crippen LogP contribution in [-0.4, -0.2) is 18.0 Å². The van der Waals surface area contributed by atoms with E-state index in [1.165, 1.54) is 47.6 Å². The standard InChI is InChI=1S/C27H22NS.C15H18NSi.Ir/c1-17(2)19-13-14-28-25(15-19)24-10-6-9-23-22-12-11-20(16-26(22)29-27(23)24)21-8-5-4-7-18(21)3;1-12-10-14(13-8-6-5-7-9-13)16-11-15(12)17(2,3)4;/h4-9,11-17H,1-3H3;5-8,10-11H,1-4H3;/q2*-1;/i17D;;. The van der Waals surface area contributed by atoms with Crippen LogP contribution in [0.1, 0.15) is 37.8 Å². The Morgan fingerprint density at radius 1 is 0.766 bits per heavy atom. The Balaban J connectivity index is 0.000000214. The minimum absolute atomic E-state index is 0. The second-order valence-electron chi connectivity index (χ2n) is 13.1. The topological polar surface area (TPSA) is 25.8 Å². The molecule has 0 atom stereocenters. The maximum absolute atomic E-state index is 8.37. The number of rotatable bonds is 5. The first-order chi connectivity index (χ1) is 22.4. The molecular formula is C42H40IrN2SSi-2. The molecule has 7 rings (SSSR count). The molecule has 0 spiro atoms. The Morgan fingerprint density at radius 2 is 1.55 bits per heavy atom. The van der Waals surface area contributed by atoms with Crippen LogP contribution in [0.15, 0.2) is 109 Å². The van der Waals surface area contributed by atoms with Gasteiger partial charge in [-0.15, -0.1) is 59.7 Å². The van der Waals surface area contributed by atoms with Gasteiger partial charge in [-0.3, -0.25) is 0 Å². The molecule has 4 aromatic carbocycles. The van der Waals surface area contributed by atoms with Crippen LogP contribution in [0.5, 0.6) is 0 Å². The maximum atomic E-state index is 8.37. The van der Waals surface area contributed by atoms with Crippen molar-refractivity contribution in [3.8, 4) is 33.6 Å². The summed E-state index contributed by atoms with van der Waals surface area (Å²) in [6, 6.07) is 40.1. The molecule has 3 heterocycles. The number of aromatic nitrogens is 2. The minimum Gasteiger partial charge on any atom is -0.305 e. The van der Waals surface area contributed by atoms with Gasteiger partial charge >= 0.3 is 0 Å². The fourth-order valence-corrected chi connectivity index (χ4v) is 8.87. The SMILES string of the molecule is Cc1cc(-c2[c-]cccc2)ncc1[Si](C)(C)C.[2H]C(C)(C)c1ccnc(-c2[c-]ccc3c2sc2cc(-c4ccccc4C)ccc23)c1.[Ir]. The predicted molar refractivity (Wildman–Crippen MR) is 202 cm³/mol. The van der Waals surface area contributed by atoms with Gasteiger partial charge in [-0.25, -0.2) is 0 Å². The van der Waals surface area contributed by atoms with Gasteiger partial charge < -0.3 is 9.97 Å². The van der Waals surface area contributed by atoms with Crippen molar-refractivity contribution in [3.63, 3.8) is 0 Å². The van der Waals surface area contributed by atoms with Crippen LogP contribution in [0.25, 0.3) is 53.8 Å². The van der Waals surface area contributed by atoms with Gasteiger partial charge in [0.05, 0.1) is 8.07 Å². The monoisotopic (exact) mass is 826 g/mol. The normalized spacial score (nSPS) is 11.9. The quantitative estimate of drug-likeness (QED) is 0.128. The molecule has 0 bridgehead atoms. The molecule has 0 N–H and O–H groups in total. The van der Waals surface area contributed by atoms with E-state index < -0.39 is 14.0 Å². The van der Waals surface area contributed by atoms with Crippen molar-refractivity contribution in [2.24, 2.45) is 0 Å². The van der Waals surface area contributed by atoms with Gasteiger partial charge in [0, 0.05) is 38.6 Å². The number of benzene rings is 4. The van der Waals surface area contributed by atoms with Crippen LogP contribution in [0.2, 0.25) is 19.6 Å². The first kappa shape index (κ1) is 33.2. The number of aryl methyl sites for hydroxylation is 2. The van der Waals surface area contributed by atoms with Gasteiger partial charge in [-0.2, -0.15) is 11.3 Å². The Bertz CT molecular complexity index is 2200. The first-order valence-corrected chi connectivity index (χ1v) is 20.1. The molecule has 7 aromatic rings. The summed E-state index contributed by atoms with van der Waals surface area (Å²) in [6.07, 6.45) is 3.86. The van der Waals surface area contributed by atoms with Gasteiger partial charge in [-0.1, -0.05) is 98.5 Å². The van der Waals surface area contributed by atoms with E-state index in [0.29, 0.717) is 0 Å². The molecule has 0 aliphatic rings. The van der Waals surface area contributed by atoms with Crippen LogP contribution in [0.4, 0.5) is 0 Å². The fourth-order valence-electron chi connectivity index (χ4n) is 5.92. The Hall–Kier alpha value is -3.73. The van der Waals surface area contributed by atoms with E-state index in [2.05, 4.69) is 122 Å². The average Bonchev–Trinajstić information content (AvgIpc) is 3.43. The smallest absolute Gasteiger partial charge is 0.0798 e. The average molecular weight is 826 g/mol. The summed E-state index contributed by atoms with van der Waals surface area (Å²) in [4.78, 5) is 9.19. The third-order valence-corrected chi connectivity index (χ3v) is 11.7. The van der Waals surface area contributed by atoms with E-state index in [1.807, 2.05) is 50.2 Å². The van der Waals surface area contributed by atoms with Gasteiger partial charge in [-0.05, 0) is 75.2 Å². The van der Waals surface area contributed by atoms with Gasteiger partial charge in [0.1, 0.15) is 0 Å². The largest absolute Gasteiger partial charge is 0.305 e. The molecule has 0 aliphatic carbocycles. The van der Waals surface area contributed by atoms with Crippen molar-refractivity contribution in [1.29, 1.82) is 0 Å². The van der Waals surface area contributed by atoms with E-state index in [9.17, 15) is 0 Å². The number of hydrogen-bond donors (Lipinski definition) is 0. The Labute approximate surface area is 299 Å². The Morgan fingerprint density at radius 3 is 2.26 bits per heavy atom. The number of nitrogens with zero attached hydrogens (tertiary/aromatic N) is 2. The Kier molecular flexibility index (Phi) is 10.3. The fraction of sp³-hybridized carbons (Fsp3) is 0.190. The molecule has 0 unspecified atom stereocenters. The summed E-state index contributed by atoms with van der Waals surface area (Å²) in [5.74, 6) is -0.659. The number of fused-ring (bicyclic) bond motifs is 3. The molecule has 0 amide bonds. The first-order valence-electron chi connectivity index (χ1n) is 16.2. The molecule has 3 aromatic heterocycles. The number of thiophene rings is 1. The molecule has 1 radical (unpaired) electrons. The molecule has 239 valence electrons. The zero-order chi connectivity index (χ0) is 33.3. The second-order valence-corrected chi connectivity index (χ2v) is 19.2. The molecule has 0 fully saturated rings.